The molecule has 1 aromatic rings. The maximum Gasteiger partial charge on any atom is 0.221 e. The zero-order valence-corrected chi connectivity index (χ0v) is 7.51. The van der Waals surface area contributed by atoms with E-state index in [4.69, 9.17) is 11.6 Å². The Labute approximate surface area is 76.2 Å². The molecule has 1 nitrogen and oxygen atoms in total. The highest BCUT2D eigenvalue weighted by atomic mass is 35.5. The first-order valence-corrected chi connectivity index (χ1v) is 3.93. The van der Waals surface area contributed by atoms with Crippen LogP contribution in [-0.4, -0.2) is 5.24 Å². The Morgan fingerprint density at radius 2 is 1.83 bits per heavy atom. The third kappa shape index (κ3) is 7.22. The van der Waals surface area contributed by atoms with Gasteiger partial charge in [0.2, 0.25) is 5.24 Å². The van der Waals surface area contributed by atoms with E-state index in [9.17, 15) is 9.18 Å². The average Bonchev–Trinajstić information content (AvgIpc) is 2.07. The minimum absolute atomic E-state index is 0.178. The molecule has 0 aromatic heterocycles. The third-order valence-electron chi connectivity index (χ3n) is 1.01. The fraction of sp³-hybridized carbons (Fsp3) is 0.222. The summed E-state index contributed by atoms with van der Waals surface area (Å²) in [4.78, 5) is 9.58. The minimum Gasteiger partial charge on any atom is -0.281 e. The summed E-state index contributed by atoms with van der Waals surface area (Å²) >= 11 is 4.82. The van der Waals surface area contributed by atoms with Gasteiger partial charge in [0, 0.05) is 6.42 Å². The van der Waals surface area contributed by atoms with Gasteiger partial charge in [-0.15, -0.1) is 0 Å². The summed E-state index contributed by atoms with van der Waals surface area (Å²) in [6, 6.07) is 7.94. The molecule has 1 rings (SSSR count). The van der Waals surface area contributed by atoms with Crippen LogP contribution in [0, 0.1) is 5.82 Å². The molecule has 0 saturated carbocycles. The Bertz CT molecular complexity index is 223. The number of halogens is 2. The van der Waals surface area contributed by atoms with Crippen LogP contribution < -0.4 is 0 Å². The van der Waals surface area contributed by atoms with Gasteiger partial charge < -0.3 is 0 Å². The van der Waals surface area contributed by atoms with Gasteiger partial charge in [0.15, 0.2) is 0 Å². The summed E-state index contributed by atoms with van der Waals surface area (Å²) in [7, 11) is 0. The van der Waals surface area contributed by atoms with E-state index in [2.05, 4.69) is 0 Å². The van der Waals surface area contributed by atoms with Crippen molar-refractivity contribution in [3.63, 3.8) is 0 Å². The number of carbonyl (C=O) groups is 1. The van der Waals surface area contributed by atoms with E-state index in [0.29, 0.717) is 6.42 Å². The van der Waals surface area contributed by atoms with Crippen molar-refractivity contribution in [3.05, 3.63) is 36.1 Å². The summed E-state index contributed by atoms with van der Waals surface area (Å²) in [6.07, 6.45) is 0.432. The molecule has 0 unspecified atom stereocenters. The largest absolute Gasteiger partial charge is 0.281 e. The van der Waals surface area contributed by atoms with Gasteiger partial charge in [0.25, 0.3) is 0 Å². The van der Waals surface area contributed by atoms with Gasteiger partial charge in [-0.2, -0.15) is 0 Å². The van der Waals surface area contributed by atoms with E-state index in [1.54, 1.807) is 25.1 Å². The second-order valence-electron chi connectivity index (χ2n) is 2.00. The molecule has 12 heavy (non-hydrogen) atoms. The van der Waals surface area contributed by atoms with E-state index < -0.39 is 0 Å². The summed E-state index contributed by atoms with van der Waals surface area (Å²) < 4.78 is 11.9. The molecular weight excluding hydrogens is 179 g/mol. The van der Waals surface area contributed by atoms with Crippen molar-refractivity contribution in [1.29, 1.82) is 0 Å². The van der Waals surface area contributed by atoms with Gasteiger partial charge in [0.1, 0.15) is 5.82 Å². The van der Waals surface area contributed by atoms with Gasteiger partial charge >= 0.3 is 0 Å². The van der Waals surface area contributed by atoms with E-state index >= 15 is 0 Å². The summed E-state index contributed by atoms with van der Waals surface area (Å²) in [6.45, 7) is 1.72. The van der Waals surface area contributed by atoms with Crippen LogP contribution in [0.25, 0.3) is 0 Å². The standard InChI is InChI=1S/C6H5F.C3H5ClO/c7-6-4-2-1-3-5-6;1-2-3(4)5/h1-5H;2H2,1H3. The quantitative estimate of drug-likeness (QED) is 0.620. The Kier molecular flexibility index (Phi) is 6.29. The molecule has 3 heteroatoms. The molecule has 0 saturated heterocycles. The summed E-state index contributed by atoms with van der Waals surface area (Å²) in [5.41, 5.74) is 0. The predicted octanol–water partition coefficient (Wildman–Crippen LogP) is 2.99. The van der Waals surface area contributed by atoms with Crippen molar-refractivity contribution in [3.8, 4) is 0 Å². The zero-order valence-electron chi connectivity index (χ0n) is 6.76. The minimum atomic E-state index is -0.273. The summed E-state index contributed by atoms with van der Waals surface area (Å²) in [5.74, 6) is -0.178. The Hall–Kier alpha value is -0.890. The van der Waals surface area contributed by atoms with Crippen LogP contribution in [0.3, 0.4) is 0 Å². The monoisotopic (exact) mass is 188 g/mol. The number of benzene rings is 1. The maximum absolute atomic E-state index is 11.9. The van der Waals surface area contributed by atoms with Crippen molar-refractivity contribution >= 4 is 16.8 Å². The number of hydrogen-bond donors (Lipinski definition) is 0. The Morgan fingerprint density at radius 3 is 2.00 bits per heavy atom. The molecule has 0 aliphatic carbocycles. The number of rotatable bonds is 1. The van der Waals surface area contributed by atoms with Crippen molar-refractivity contribution in [2.75, 3.05) is 0 Å². The van der Waals surface area contributed by atoms with Crippen molar-refractivity contribution < 1.29 is 9.18 Å². The van der Waals surface area contributed by atoms with Crippen LogP contribution in [0.4, 0.5) is 4.39 Å². The second-order valence-corrected chi connectivity index (χ2v) is 2.43. The van der Waals surface area contributed by atoms with Crippen LogP contribution in [0.15, 0.2) is 30.3 Å². The molecule has 1 aromatic carbocycles. The lowest BCUT2D eigenvalue weighted by Gasteiger charge is -1.78. The molecule has 66 valence electrons. The van der Waals surface area contributed by atoms with Crippen LogP contribution in [-0.2, 0) is 4.79 Å². The lowest BCUT2D eigenvalue weighted by atomic mass is 10.4. The van der Waals surface area contributed by atoms with Gasteiger partial charge in [-0.05, 0) is 23.7 Å². The first-order valence-electron chi connectivity index (χ1n) is 3.55. The van der Waals surface area contributed by atoms with Crippen molar-refractivity contribution in [1.82, 2.24) is 0 Å². The normalized spacial score (nSPS) is 8.25. The first-order chi connectivity index (χ1) is 5.66. The molecule has 0 amide bonds. The van der Waals surface area contributed by atoms with Gasteiger partial charge in [-0.3, -0.25) is 4.79 Å². The lowest BCUT2D eigenvalue weighted by molar-refractivity contribution is -0.111. The molecule has 0 aliphatic heterocycles. The number of carbonyl (C=O) groups excluding carboxylic acids is 1. The molecule has 0 fully saturated rings. The van der Waals surface area contributed by atoms with Gasteiger partial charge in [-0.25, -0.2) is 4.39 Å². The summed E-state index contributed by atoms with van der Waals surface area (Å²) in [5, 5.41) is -0.273. The zero-order chi connectivity index (χ0) is 9.40. The number of hydrogen-bond acceptors (Lipinski definition) is 1. The topological polar surface area (TPSA) is 17.1 Å². The molecule has 0 spiro atoms. The third-order valence-corrected chi connectivity index (χ3v) is 1.28. The highest BCUT2D eigenvalue weighted by molar-refractivity contribution is 6.63. The van der Waals surface area contributed by atoms with Crippen LogP contribution in [0.2, 0.25) is 0 Å². The fourth-order valence-corrected chi connectivity index (χ4v) is 0.415. The van der Waals surface area contributed by atoms with Crippen molar-refractivity contribution in [2.45, 2.75) is 13.3 Å². The SMILES string of the molecule is CCC(=O)Cl.Fc1ccccc1. The van der Waals surface area contributed by atoms with Crippen LogP contribution in [0.1, 0.15) is 13.3 Å². The first kappa shape index (κ1) is 11.1. The maximum atomic E-state index is 11.9. The molecule has 0 bridgehead atoms. The highest BCUT2D eigenvalue weighted by Crippen LogP contribution is 1.91. The van der Waals surface area contributed by atoms with E-state index in [0.717, 1.165) is 0 Å². The second kappa shape index (κ2) is 6.80. The highest BCUT2D eigenvalue weighted by Gasteiger charge is 1.81. The van der Waals surface area contributed by atoms with Crippen LogP contribution >= 0.6 is 11.6 Å². The molecular formula is C9H10ClFO. The molecule has 0 radical (unpaired) electrons. The van der Waals surface area contributed by atoms with Gasteiger partial charge in [-0.1, -0.05) is 25.1 Å². The molecule has 0 atom stereocenters. The molecule has 0 aliphatic rings. The van der Waals surface area contributed by atoms with E-state index in [1.165, 1.54) is 12.1 Å². The average molecular weight is 189 g/mol. The van der Waals surface area contributed by atoms with E-state index in [1.807, 2.05) is 0 Å². The van der Waals surface area contributed by atoms with Crippen LogP contribution in [0.5, 0.6) is 0 Å². The van der Waals surface area contributed by atoms with Gasteiger partial charge in [0.05, 0.1) is 0 Å². The fourth-order valence-electron chi connectivity index (χ4n) is 0.415. The molecule has 0 heterocycles. The van der Waals surface area contributed by atoms with Crippen molar-refractivity contribution in [2.24, 2.45) is 0 Å². The Morgan fingerprint density at radius 1 is 1.42 bits per heavy atom. The smallest absolute Gasteiger partial charge is 0.221 e. The van der Waals surface area contributed by atoms with E-state index in [-0.39, 0.29) is 11.1 Å². The lowest BCUT2D eigenvalue weighted by Crippen LogP contribution is -1.74. The Balaban J connectivity index is 0.000000217. The predicted molar refractivity (Wildman–Crippen MR) is 47.6 cm³/mol. The molecule has 0 N–H and O–H groups in total.